The Morgan fingerprint density at radius 1 is 0.944 bits per heavy atom. The van der Waals surface area contributed by atoms with Gasteiger partial charge < -0.3 is 0 Å². The Bertz CT molecular complexity index is 1610. The molecule has 1 aliphatic heterocycles. The second-order valence-electron chi connectivity index (χ2n) is 7.87. The van der Waals surface area contributed by atoms with Crippen LogP contribution in [0.3, 0.4) is 0 Å². The molecule has 0 radical (unpaired) electrons. The van der Waals surface area contributed by atoms with Crippen molar-refractivity contribution in [1.29, 1.82) is 0 Å². The summed E-state index contributed by atoms with van der Waals surface area (Å²) in [4.78, 5) is 11.9. The number of hydrogen-bond acceptors (Lipinski definition) is 5. The van der Waals surface area contributed by atoms with Crippen molar-refractivity contribution in [1.82, 2.24) is 4.31 Å². The van der Waals surface area contributed by atoms with Crippen molar-refractivity contribution in [2.75, 3.05) is 0 Å². The molecule has 0 amide bonds. The number of ketones is 1. The number of benzene rings is 3. The molecule has 36 heavy (non-hydrogen) atoms. The molecule has 0 spiro atoms. The Labute approximate surface area is 204 Å². The van der Waals surface area contributed by atoms with Crippen LogP contribution in [0.2, 0.25) is 0 Å². The zero-order chi connectivity index (χ0) is 26.5. The third-order valence-electron chi connectivity index (χ3n) is 5.49. The fraction of sp³-hybridized carbons (Fsp3) is 0.125. The van der Waals surface area contributed by atoms with Gasteiger partial charge in [0.2, 0.25) is 9.84 Å². The summed E-state index contributed by atoms with van der Waals surface area (Å²) in [5.74, 6) is -2.34. The highest BCUT2D eigenvalue weighted by Crippen LogP contribution is 2.44. The van der Waals surface area contributed by atoms with Crippen LogP contribution in [0.5, 0.6) is 0 Å². The van der Waals surface area contributed by atoms with E-state index < -0.39 is 60.3 Å². The lowest BCUT2D eigenvalue weighted by molar-refractivity contribution is -0.140. The van der Waals surface area contributed by atoms with Gasteiger partial charge in [-0.15, -0.1) is 0 Å². The molecule has 0 saturated heterocycles. The van der Waals surface area contributed by atoms with E-state index in [-0.39, 0.29) is 20.9 Å². The zero-order valence-corrected chi connectivity index (χ0v) is 20.1. The number of sulfonamides is 1. The van der Waals surface area contributed by atoms with Crippen LogP contribution < -0.4 is 0 Å². The number of alkyl halides is 3. The van der Waals surface area contributed by atoms with Crippen molar-refractivity contribution < 1.29 is 39.2 Å². The fourth-order valence-electron chi connectivity index (χ4n) is 3.90. The van der Waals surface area contributed by atoms with E-state index in [9.17, 15) is 39.2 Å². The lowest BCUT2D eigenvalue weighted by Crippen LogP contribution is -2.33. The first-order valence-corrected chi connectivity index (χ1v) is 13.2. The standard InChI is InChI=1S/C24H17F4NO5S2/c1-15(30)22-18-9-5-6-10-21(18)35(31,32)23(22)29(36(33,34)17-7-3-2-4-8-17)14-16-11-12-20(25)19(13-16)24(26,27)28/h2-13H,14H2,1H3. The third-order valence-corrected chi connectivity index (χ3v) is 9.23. The molecule has 12 heteroatoms. The van der Waals surface area contributed by atoms with Gasteiger partial charge in [-0.05, 0) is 42.8 Å². The van der Waals surface area contributed by atoms with Crippen LogP contribution in [0, 0.1) is 5.82 Å². The predicted octanol–water partition coefficient (Wildman–Crippen LogP) is 4.78. The Morgan fingerprint density at radius 2 is 1.56 bits per heavy atom. The summed E-state index contributed by atoms with van der Waals surface area (Å²) in [5, 5.41) is -0.877. The maximum Gasteiger partial charge on any atom is 0.419 e. The number of rotatable bonds is 6. The van der Waals surface area contributed by atoms with Crippen molar-refractivity contribution in [3.05, 3.63) is 100 Å². The number of carbonyl (C=O) groups is 1. The molecule has 0 aliphatic carbocycles. The molecular weight excluding hydrogens is 522 g/mol. The molecule has 0 atom stereocenters. The number of allylic oxidation sites excluding steroid dienone is 1. The maximum absolute atomic E-state index is 13.9. The monoisotopic (exact) mass is 539 g/mol. The molecule has 4 rings (SSSR count). The van der Waals surface area contributed by atoms with Crippen molar-refractivity contribution in [2.45, 2.75) is 29.4 Å². The first-order chi connectivity index (χ1) is 16.8. The van der Waals surface area contributed by atoms with Gasteiger partial charge >= 0.3 is 6.18 Å². The van der Waals surface area contributed by atoms with E-state index in [0.717, 1.165) is 13.0 Å². The molecule has 0 aromatic heterocycles. The van der Waals surface area contributed by atoms with Crippen LogP contribution in [0.1, 0.15) is 23.6 Å². The second-order valence-corrected chi connectivity index (χ2v) is 11.6. The van der Waals surface area contributed by atoms with Crippen LogP contribution in [-0.2, 0) is 37.4 Å². The lowest BCUT2D eigenvalue weighted by atomic mass is 10.0. The number of halogens is 4. The molecule has 3 aromatic rings. The lowest BCUT2D eigenvalue weighted by Gasteiger charge is -2.26. The Balaban J connectivity index is 2.01. The highest BCUT2D eigenvalue weighted by Gasteiger charge is 2.45. The zero-order valence-electron chi connectivity index (χ0n) is 18.5. The van der Waals surface area contributed by atoms with Gasteiger partial charge in [-0.1, -0.05) is 42.5 Å². The summed E-state index contributed by atoms with van der Waals surface area (Å²) in [6, 6.07) is 13.9. The average Bonchev–Trinajstić information content (AvgIpc) is 3.05. The van der Waals surface area contributed by atoms with Gasteiger partial charge in [-0.25, -0.2) is 21.2 Å². The molecule has 188 valence electrons. The minimum atomic E-state index is -5.08. The number of carbonyl (C=O) groups excluding carboxylic acids is 1. The van der Waals surface area contributed by atoms with E-state index in [2.05, 4.69) is 0 Å². The van der Waals surface area contributed by atoms with E-state index in [1.54, 1.807) is 0 Å². The first-order valence-electron chi connectivity index (χ1n) is 10.3. The maximum atomic E-state index is 13.9. The molecule has 0 saturated carbocycles. The van der Waals surface area contributed by atoms with Crippen molar-refractivity contribution >= 4 is 31.2 Å². The van der Waals surface area contributed by atoms with Gasteiger partial charge in [-0.2, -0.15) is 13.2 Å². The largest absolute Gasteiger partial charge is 0.419 e. The van der Waals surface area contributed by atoms with Gasteiger partial charge in [0.05, 0.1) is 27.5 Å². The SMILES string of the molecule is CC(=O)C1=C(N(Cc2ccc(F)c(C(F)(F)F)c2)S(=O)(=O)c2ccccc2)S(=O)(=O)c2ccccc21. The molecule has 6 nitrogen and oxygen atoms in total. The molecular formula is C24H17F4NO5S2. The van der Waals surface area contributed by atoms with Gasteiger partial charge in [-0.3, -0.25) is 9.10 Å². The van der Waals surface area contributed by atoms with Gasteiger partial charge in [0.1, 0.15) is 5.82 Å². The normalized spacial score (nSPS) is 15.0. The van der Waals surface area contributed by atoms with Crippen LogP contribution in [0.4, 0.5) is 17.6 Å². The minimum Gasteiger partial charge on any atom is -0.294 e. The number of nitrogens with zero attached hydrogens (tertiary/aromatic N) is 1. The quantitative estimate of drug-likeness (QED) is 0.421. The third kappa shape index (κ3) is 4.30. The Morgan fingerprint density at radius 3 is 2.17 bits per heavy atom. The topological polar surface area (TPSA) is 88.6 Å². The van der Waals surface area contributed by atoms with E-state index in [1.165, 1.54) is 54.6 Å². The van der Waals surface area contributed by atoms with Gasteiger partial charge in [0, 0.05) is 5.56 Å². The Hall–Kier alpha value is -3.51. The van der Waals surface area contributed by atoms with E-state index in [4.69, 9.17) is 0 Å². The number of sulfone groups is 1. The molecule has 0 N–H and O–H groups in total. The summed E-state index contributed by atoms with van der Waals surface area (Å²) < 4.78 is 109. The van der Waals surface area contributed by atoms with E-state index in [0.29, 0.717) is 16.4 Å². The second kappa shape index (κ2) is 8.86. The van der Waals surface area contributed by atoms with Gasteiger partial charge in [0.25, 0.3) is 10.0 Å². The summed E-state index contributed by atoms with van der Waals surface area (Å²) in [6.45, 7) is 0.139. The Kier molecular flexibility index (Phi) is 6.29. The fourth-order valence-corrected chi connectivity index (χ4v) is 7.65. The minimum absolute atomic E-state index is 0.0247. The number of Topliss-reactive ketones (excluding diaryl/α,β-unsaturated/α-hetero) is 1. The van der Waals surface area contributed by atoms with Crippen LogP contribution in [0.25, 0.3) is 5.57 Å². The highest BCUT2D eigenvalue weighted by atomic mass is 32.2. The van der Waals surface area contributed by atoms with Crippen molar-refractivity contribution in [2.24, 2.45) is 0 Å². The van der Waals surface area contributed by atoms with Crippen molar-refractivity contribution in [3.8, 4) is 0 Å². The first kappa shape index (κ1) is 25.6. The molecule has 1 aliphatic rings. The summed E-state index contributed by atoms with van der Waals surface area (Å²) in [5.41, 5.74) is -2.42. The summed E-state index contributed by atoms with van der Waals surface area (Å²) in [7, 11) is -9.32. The molecule has 0 fully saturated rings. The van der Waals surface area contributed by atoms with E-state index in [1.807, 2.05) is 0 Å². The summed E-state index contributed by atoms with van der Waals surface area (Å²) >= 11 is 0. The van der Waals surface area contributed by atoms with E-state index >= 15 is 0 Å². The number of fused-ring (bicyclic) bond motifs is 1. The van der Waals surface area contributed by atoms with Crippen LogP contribution >= 0.6 is 0 Å². The molecule has 0 bridgehead atoms. The van der Waals surface area contributed by atoms with Crippen LogP contribution in [-0.4, -0.2) is 26.9 Å². The molecule has 3 aromatic carbocycles. The highest BCUT2D eigenvalue weighted by molar-refractivity contribution is 7.97. The molecule has 1 heterocycles. The number of hydrogen-bond donors (Lipinski definition) is 0. The average molecular weight is 540 g/mol. The smallest absolute Gasteiger partial charge is 0.294 e. The van der Waals surface area contributed by atoms with Crippen LogP contribution in [0.15, 0.2) is 87.6 Å². The van der Waals surface area contributed by atoms with Gasteiger partial charge in [0.15, 0.2) is 10.8 Å². The predicted molar refractivity (Wildman–Crippen MR) is 122 cm³/mol. The molecule has 0 unspecified atom stereocenters. The van der Waals surface area contributed by atoms with Crippen molar-refractivity contribution in [3.63, 3.8) is 0 Å². The summed E-state index contributed by atoms with van der Waals surface area (Å²) in [6.07, 6.45) is -5.08.